The molecule has 110 valence electrons. The van der Waals surface area contributed by atoms with E-state index in [1.165, 1.54) is 0 Å². The molecule has 21 heavy (non-hydrogen) atoms. The summed E-state index contributed by atoms with van der Waals surface area (Å²) in [4.78, 5) is 8.63. The lowest BCUT2D eigenvalue weighted by Gasteiger charge is -2.25. The van der Waals surface area contributed by atoms with Gasteiger partial charge in [0.1, 0.15) is 16.9 Å². The predicted octanol–water partition coefficient (Wildman–Crippen LogP) is 4.25. The lowest BCUT2D eigenvalue weighted by Crippen LogP contribution is -2.24. The highest BCUT2D eigenvalue weighted by Crippen LogP contribution is 2.36. The molecule has 0 radical (unpaired) electrons. The second-order valence-electron chi connectivity index (χ2n) is 4.76. The van der Waals surface area contributed by atoms with Crippen LogP contribution in [0, 0.1) is 0 Å². The van der Waals surface area contributed by atoms with E-state index in [9.17, 15) is 0 Å². The van der Waals surface area contributed by atoms with Gasteiger partial charge in [0.25, 0.3) is 0 Å². The summed E-state index contributed by atoms with van der Waals surface area (Å²) in [6.45, 7) is 2.38. The van der Waals surface area contributed by atoms with E-state index in [0.29, 0.717) is 34.2 Å². The first kappa shape index (κ1) is 14.4. The Morgan fingerprint density at radius 1 is 1.14 bits per heavy atom. The molecular weight excluding hydrogens is 311 g/mol. The van der Waals surface area contributed by atoms with E-state index in [0.717, 1.165) is 18.4 Å². The number of hydrogen-bond donors (Lipinski definition) is 0. The van der Waals surface area contributed by atoms with Gasteiger partial charge in [0, 0.05) is 5.56 Å². The first-order valence-corrected chi connectivity index (χ1v) is 7.55. The molecule has 0 amide bonds. The Bertz CT molecular complexity index is 641. The van der Waals surface area contributed by atoms with Crippen molar-refractivity contribution in [2.75, 3.05) is 6.61 Å². The molecule has 3 rings (SSSR count). The Kier molecular flexibility index (Phi) is 4.17. The zero-order valence-corrected chi connectivity index (χ0v) is 13.0. The van der Waals surface area contributed by atoms with Crippen LogP contribution in [-0.2, 0) is 6.42 Å². The number of halogens is 2. The minimum atomic E-state index is -0.412. The first-order valence-electron chi connectivity index (χ1n) is 6.79. The van der Waals surface area contributed by atoms with Gasteiger partial charge in [-0.3, -0.25) is 0 Å². The van der Waals surface area contributed by atoms with Crippen LogP contribution in [0.1, 0.15) is 30.8 Å². The molecule has 6 heteroatoms. The van der Waals surface area contributed by atoms with E-state index in [2.05, 4.69) is 16.9 Å². The number of hydrogen-bond acceptors (Lipinski definition) is 4. The smallest absolute Gasteiger partial charge is 0.192 e. The van der Waals surface area contributed by atoms with Crippen LogP contribution in [0.4, 0.5) is 0 Å². The van der Waals surface area contributed by atoms with Gasteiger partial charge in [-0.05, 0) is 18.6 Å². The fraction of sp³-hybridized carbons (Fsp3) is 0.333. The van der Waals surface area contributed by atoms with Crippen LogP contribution in [0.25, 0.3) is 0 Å². The summed E-state index contributed by atoms with van der Waals surface area (Å²) in [5.74, 6) is 1.83. The molecule has 1 atom stereocenters. The molecule has 0 spiro atoms. The zero-order valence-electron chi connectivity index (χ0n) is 11.5. The van der Waals surface area contributed by atoms with Gasteiger partial charge < -0.3 is 9.47 Å². The largest absolute Gasteiger partial charge is 0.485 e. The van der Waals surface area contributed by atoms with Crippen molar-refractivity contribution in [3.05, 3.63) is 46.0 Å². The van der Waals surface area contributed by atoms with Crippen molar-refractivity contribution in [3.8, 4) is 11.5 Å². The monoisotopic (exact) mass is 324 g/mol. The number of nitrogens with zero attached hydrogens (tertiary/aromatic N) is 2. The molecule has 1 unspecified atom stereocenters. The van der Waals surface area contributed by atoms with Gasteiger partial charge in [0.05, 0.1) is 0 Å². The van der Waals surface area contributed by atoms with Crippen molar-refractivity contribution in [2.24, 2.45) is 0 Å². The third-order valence-corrected chi connectivity index (χ3v) is 3.85. The molecule has 1 aromatic carbocycles. The lowest BCUT2D eigenvalue weighted by molar-refractivity contribution is 0.0850. The summed E-state index contributed by atoms with van der Waals surface area (Å²) in [5.41, 5.74) is 0.779. The third-order valence-electron chi connectivity index (χ3n) is 3.22. The van der Waals surface area contributed by atoms with Gasteiger partial charge in [-0.1, -0.05) is 48.7 Å². The van der Waals surface area contributed by atoms with E-state index in [-0.39, 0.29) is 0 Å². The summed E-state index contributed by atoms with van der Waals surface area (Å²) >= 11 is 12.4. The van der Waals surface area contributed by atoms with Crippen molar-refractivity contribution in [1.82, 2.24) is 9.97 Å². The van der Waals surface area contributed by atoms with Gasteiger partial charge in [0.2, 0.25) is 0 Å². The van der Waals surface area contributed by atoms with Crippen LogP contribution in [0.2, 0.25) is 10.3 Å². The highest BCUT2D eigenvalue weighted by molar-refractivity contribution is 6.34. The van der Waals surface area contributed by atoms with Crippen LogP contribution in [0.15, 0.2) is 24.3 Å². The standard InChI is InChI=1S/C15H14Cl2N2O2/c1-2-5-9-13(16)18-15(19-14(9)17)12-8-20-10-6-3-4-7-11(10)21-12/h3-4,6-7,12H,2,5,8H2,1H3. The van der Waals surface area contributed by atoms with E-state index >= 15 is 0 Å². The average Bonchev–Trinajstić information content (AvgIpc) is 2.50. The Labute approximate surface area is 133 Å². The second kappa shape index (κ2) is 6.08. The third kappa shape index (κ3) is 2.92. The normalized spacial score (nSPS) is 16.8. The summed E-state index contributed by atoms with van der Waals surface area (Å²) in [6, 6.07) is 7.48. The highest BCUT2D eigenvalue weighted by atomic mass is 35.5. The first-order chi connectivity index (χ1) is 10.2. The number of fused-ring (bicyclic) bond motifs is 1. The number of rotatable bonds is 3. The van der Waals surface area contributed by atoms with Crippen molar-refractivity contribution >= 4 is 23.2 Å². The average molecular weight is 325 g/mol. The van der Waals surface area contributed by atoms with Crippen LogP contribution in [0.3, 0.4) is 0 Å². The molecule has 1 aromatic heterocycles. The molecule has 2 heterocycles. The fourth-order valence-corrected chi connectivity index (χ4v) is 2.78. The van der Waals surface area contributed by atoms with Crippen molar-refractivity contribution in [1.29, 1.82) is 0 Å². The Hall–Kier alpha value is -1.52. The van der Waals surface area contributed by atoms with E-state index in [4.69, 9.17) is 32.7 Å². The Morgan fingerprint density at radius 3 is 2.48 bits per heavy atom. The number of benzene rings is 1. The molecule has 4 nitrogen and oxygen atoms in total. The van der Waals surface area contributed by atoms with Crippen molar-refractivity contribution in [2.45, 2.75) is 25.9 Å². The lowest BCUT2D eigenvalue weighted by atomic mass is 10.2. The topological polar surface area (TPSA) is 44.2 Å². The molecule has 0 saturated carbocycles. The summed E-state index contributed by atoms with van der Waals surface area (Å²) in [5, 5.41) is 0.767. The van der Waals surface area contributed by atoms with E-state index in [1.54, 1.807) is 0 Å². The maximum Gasteiger partial charge on any atom is 0.192 e. The highest BCUT2D eigenvalue weighted by Gasteiger charge is 2.26. The molecule has 1 aliphatic heterocycles. The Balaban J connectivity index is 1.89. The van der Waals surface area contributed by atoms with E-state index in [1.807, 2.05) is 24.3 Å². The maximum atomic E-state index is 6.20. The zero-order chi connectivity index (χ0) is 14.8. The molecule has 0 saturated heterocycles. The molecule has 0 N–H and O–H groups in total. The SMILES string of the molecule is CCCc1c(Cl)nc(C2COc3ccccc3O2)nc1Cl. The predicted molar refractivity (Wildman–Crippen MR) is 81.4 cm³/mol. The van der Waals surface area contributed by atoms with Gasteiger partial charge in [-0.2, -0.15) is 0 Å². The number of aromatic nitrogens is 2. The molecule has 0 fully saturated rings. The molecule has 1 aliphatic rings. The van der Waals surface area contributed by atoms with Gasteiger partial charge >= 0.3 is 0 Å². The quantitative estimate of drug-likeness (QED) is 0.792. The van der Waals surface area contributed by atoms with Gasteiger partial charge in [-0.15, -0.1) is 0 Å². The Morgan fingerprint density at radius 2 is 1.81 bits per heavy atom. The maximum absolute atomic E-state index is 6.20. The van der Waals surface area contributed by atoms with Crippen molar-refractivity contribution < 1.29 is 9.47 Å². The van der Waals surface area contributed by atoms with Gasteiger partial charge in [-0.25, -0.2) is 9.97 Å². The molecular formula is C15H14Cl2N2O2. The van der Waals surface area contributed by atoms with Gasteiger partial charge in [0.15, 0.2) is 23.4 Å². The summed E-state index contributed by atoms with van der Waals surface area (Å²) in [6.07, 6.45) is 1.27. The summed E-state index contributed by atoms with van der Waals surface area (Å²) < 4.78 is 11.5. The van der Waals surface area contributed by atoms with Crippen LogP contribution in [-0.4, -0.2) is 16.6 Å². The van der Waals surface area contributed by atoms with Crippen LogP contribution < -0.4 is 9.47 Å². The summed E-state index contributed by atoms with van der Waals surface area (Å²) in [7, 11) is 0. The van der Waals surface area contributed by atoms with Crippen molar-refractivity contribution in [3.63, 3.8) is 0 Å². The van der Waals surface area contributed by atoms with Crippen LogP contribution in [0.5, 0.6) is 11.5 Å². The number of ether oxygens (including phenoxy) is 2. The minimum absolute atomic E-state index is 0.330. The molecule has 2 aromatic rings. The second-order valence-corrected chi connectivity index (χ2v) is 5.47. The molecule has 0 aliphatic carbocycles. The fourth-order valence-electron chi connectivity index (χ4n) is 2.19. The molecule has 0 bridgehead atoms. The van der Waals surface area contributed by atoms with E-state index < -0.39 is 6.10 Å². The number of para-hydroxylation sites is 2. The van der Waals surface area contributed by atoms with Crippen LogP contribution >= 0.6 is 23.2 Å². The minimum Gasteiger partial charge on any atom is -0.485 e.